The fourth-order valence-corrected chi connectivity index (χ4v) is 3.60. The van der Waals surface area contributed by atoms with Crippen molar-refractivity contribution in [1.29, 1.82) is 0 Å². The third-order valence-electron chi connectivity index (χ3n) is 4.45. The number of hydrogen-bond donors (Lipinski definition) is 4. The number of hydrogen-bond acceptors (Lipinski definition) is 6. The summed E-state index contributed by atoms with van der Waals surface area (Å²) in [5.41, 5.74) is 0.273. The van der Waals surface area contributed by atoms with Gasteiger partial charge in [-0.1, -0.05) is 6.07 Å². The number of aryl methyl sites for hydroxylation is 1. The molecule has 0 amide bonds. The lowest BCUT2D eigenvalue weighted by Crippen LogP contribution is -2.39. The van der Waals surface area contributed by atoms with Gasteiger partial charge in [0, 0.05) is 35.3 Å². The number of nitrogens with zero attached hydrogens (tertiary/aromatic N) is 1. The third kappa shape index (κ3) is 4.82. The van der Waals surface area contributed by atoms with Crippen LogP contribution in [0.3, 0.4) is 0 Å². The Balaban J connectivity index is 1.58. The highest BCUT2D eigenvalue weighted by atomic mass is 32.2. The molecule has 1 aliphatic rings. The molecule has 10 heteroatoms. The third-order valence-corrected chi connectivity index (χ3v) is 5.42. The Bertz CT molecular complexity index is 975. The van der Waals surface area contributed by atoms with E-state index in [1.54, 1.807) is 18.7 Å². The van der Waals surface area contributed by atoms with Crippen molar-refractivity contribution < 1.29 is 9.84 Å². The number of nitrogens with one attached hydrogen (secondary N) is 3. The van der Waals surface area contributed by atoms with Gasteiger partial charge in [0.1, 0.15) is 12.3 Å². The molecule has 0 aliphatic carbocycles. The van der Waals surface area contributed by atoms with Gasteiger partial charge in [-0.25, -0.2) is 4.79 Å². The second-order valence-corrected chi connectivity index (χ2v) is 7.77. The van der Waals surface area contributed by atoms with Gasteiger partial charge in [0.05, 0.1) is 6.10 Å². The lowest BCUT2D eigenvalue weighted by atomic mass is 10.2. The first-order chi connectivity index (χ1) is 13.4. The number of ether oxygens (including phenoxy) is 1. The van der Waals surface area contributed by atoms with Gasteiger partial charge in [-0.05, 0) is 43.6 Å². The number of aliphatic hydroxyl groups excluding tert-OH is 1. The van der Waals surface area contributed by atoms with E-state index in [1.165, 1.54) is 10.8 Å². The quantitative estimate of drug-likeness (QED) is 0.421. The number of aromatic nitrogens is 2. The lowest BCUT2D eigenvalue weighted by molar-refractivity contribution is -0.0172. The standard InChI is InChI=1S/C18H22N4O4S2/c1-10-9-22(18(25)21-16(10)24)15-7-13(23)14(26-15)8-19-17(27)20-11-4-3-5-12(6-11)28-2/h3-6,9,13-15,23H,7-8H2,1-2H3,(H2,19,20,27)(H,21,24,25)/t13-,14+,15+/m0/s1. The minimum atomic E-state index is -0.765. The molecule has 0 unspecified atom stereocenters. The van der Waals surface area contributed by atoms with Crippen LogP contribution in [0.2, 0.25) is 0 Å². The Morgan fingerprint density at radius 3 is 3.00 bits per heavy atom. The molecule has 2 aromatic rings. The highest BCUT2D eigenvalue weighted by Crippen LogP contribution is 2.27. The van der Waals surface area contributed by atoms with Crippen LogP contribution in [0.5, 0.6) is 0 Å². The molecule has 1 aromatic carbocycles. The van der Waals surface area contributed by atoms with E-state index in [4.69, 9.17) is 17.0 Å². The van der Waals surface area contributed by atoms with Gasteiger partial charge < -0.3 is 20.5 Å². The average Bonchev–Trinajstić information content (AvgIpc) is 3.03. The number of anilines is 1. The van der Waals surface area contributed by atoms with Crippen molar-refractivity contribution in [2.24, 2.45) is 0 Å². The Morgan fingerprint density at radius 1 is 1.46 bits per heavy atom. The van der Waals surface area contributed by atoms with Crippen molar-refractivity contribution in [1.82, 2.24) is 14.9 Å². The van der Waals surface area contributed by atoms with Crippen LogP contribution in [0.1, 0.15) is 18.2 Å². The number of thioether (sulfide) groups is 1. The molecule has 1 aliphatic heterocycles. The fraction of sp³-hybridized carbons (Fsp3) is 0.389. The SMILES string of the molecule is CSc1cccc(NC(=S)NC[C@H]2O[C@@H](n3cc(C)c(=O)[nH]c3=O)C[C@@H]2O)c1. The molecule has 28 heavy (non-hydrogen) atoms. The van der Waals surface area contributed by atoms with Gasteiger partial charge in [-0.15, -0.1) is 11.8 Å². The number of aliphatic hydroxyl groups is 1. The van der Waals surface area contributed by atoms with Crippen LogP contribution in [-0.4, -0.2) is 44.8 Å². The smallest absolute Gasteiger partial charge is 0.330 e. The van der Waals surface area contributed by atoms with E-state index in [9.17, 15) is 14.7 Å². The van der Waals surface area contributed by atoms with Crippen molar-refractivity contribution in [2.75, 3.05) is 18.1 Å². The van der Waals surface area contributed by atoms with Crippen LogP contribution < -0.4 is 21.9 Å². The van der Waals surface area contributed by atoms with E-state index in [0.29, 0.717) is 10.7 Å². The Kier molecular flexibility index (Phi) is 6.55. The molecule has 150 valence electrons. The zero-order chi connectivity index (χ0) is 20.3. The summed E-state index contributed by atoms with van der Waals surface area (Å²) < 4.78 is 7.11. The maximum Gasteiger partial charge on any atom is 0.330 e. The molecule has 4 N–H and O–H groups in total. The topological polar surface area (TPSA) is 108 Å². The molecule has 1 aromatic heterocycles. The minimum absolute atomic E-state index is 0.244. The second-order valence-electron chi connectivity index (χ2n) is 6.48. The number of H-pyrrole nitrogens is 1. The molecule has 0 spiro atoms. The van der Waals surface area contributed by atoms with Crippen molar-refractivity contribution in [3.05, 3.63) is 56.9 Å². The van der Waals surface area contributed by atoms with Crippen molar-refractivity contribution in [3.8, 4) is 0 Å². The van der Waals surface area contributed by atoms with Gasteiger partial charge in [-0.3, -0.25) is 14.3 Å². The monoisotopic (exact) mass is 422 g/mol. The van der Waals surface area contributed by atoms with E-state index in [-0.39, 0.29) is 13.0 Å². The van der Waals surface area contributed by atoms with E-state index < -0.39 is 29.7 Å². The highest BCUT2D eigenvalue weighted by Gasteiger charge is 2.35. The Morgan fingerprint density at radius 2 is 2.25 bits per heavy atom. The molecule has 0 bridgehead atoms. The number of thiocarbonyl (C=S) groups is 1. The summed E-state index contributed by atoms with van der Waals surface area (Å²) in [6.07, 6.45) is 1.73. The van der Waals surface area contributed by atoms with Crippen molar-refractivity contribution >= 4 is 34.8 Å². The normalized spacial score (nSPS) is 21.5. The van der Waals surface area contributed by atoms with Crippen LogP contribution in [0, 0.1) is 6.92 Å². The van der Waals surface area contributed by atoms with Gasteiger partial charge >= 0.3 is 5.69 Å². The first kappa shape index (κ1) is 20.6. The van der Waals surface area contributed by atoms with Crippen LogP contribution in [0.25, 0.3) is 0 Å². The van der Waals surface area contributed by atoms with Crippen LogP contribution in [0.15, 0.2) is 44.9 Å². The van der Waals surface area contributed by atoms with Crippen LogP contribution in [-0.2, 0) is 4.74 Å². The summed E-state index contributed by atoms with van der Waals surface area (Å²) in [6, 6.07) is 7.85. The molecular weight excluding hydrogens is 400 g/mol. The summed E-state index contributed by atoms with van der Waals surface area (Å²) in [5, 5.41) is 16.8. The number of aromatic amines is 1. The van der Waals surface area contributed by atoms with Gasteiger partial charge in [-0.2, -0.15) is 0 Å². The summed E-state index contributed by atoms with van der Waals surface area (Å²) >= 11 is 6.94. The van der Waals surface area contributed by atoms with Crippen molar-refractivity contribution in [3.63, 3.8) is 0 Å². The molecule has 8 nitrogen and oxygen atoms in total. The van der Waals surface area contributed by atoms with Crippen molar-refractivity contribution in [2.45, 2.75) is 36.7 Å². The van der Waals surface area contributed by atoms with Gasteiger partial charge in [0.15, 0.2) is 5.11 Å². The highest BCUT2D eigenvalue weighted by molar-refractivity contribution is 7.98. The van der Waals surface area contributed by atoms with E-state index in [1.807, 2.05) is 30.5 Å². The average molecular weight is 423 g/mol. The van der Waals surface area contributed by atoms with Crippen LogP contribution in [0.4, 0.5) is 5.69 Å². The lowest BCUT2D eigenvalue weighted by Gasteiger charge is -2.18. The minimum Gasteiger partial charge on any atom is -0.390 e. The maximum atomic E-state index is 12.0. The van der Waals surface area contributed by atoms with Gasteiger partial charge in [0.25, 0.3) is 5.56 Å². The first-order valence-electron chi connectivity index (χ1n) is 8.72. The zero-order valence-corrected chi connectivity index (χ0v) is 17.1. The molecular formula is C18H22N4O4S2. The molecule has 1 saturated heterocycles. The summed E-state index contributed by atoms with van der Waals surface area (Å²) in [6.45, 7) is 1.89. The van der Waals surface area contributed by atoms with E-state index >= 15 is 0 Å². The van der Waals surface area contributed by atoms with E-state index in [2.05, 4.69) is 15.6 Å². The maximum absolute atomic E-state index is 12.0. The molecule has 0 saturated carbocycles. The Hall–Kier alpha value is -2.14. The number of rotatable bonds is 5. The largest absolute Gasteiger partial charge is 0.390 e. The molecule has 0 radical (unpaired) electrons. The Labute approximate surface area is 171 Å². The molecule has 2 heterocycles. The fourth-order valence-electron chi connectivity index (χ4n) is 2.94. The van der Waals surface area contributed by atoms with E-state index in [0.717, 1.165) is 10.6 Å². The molecule has 1 fully saturated rings. The predicted octanol–water partition coefficient (Wildman–Crippen LogP) is 1.20. The van der Waals surface area contributed by atoms with Crippen LogP contribution >= 0.6 is 24.0 Å². The summed E-state index contributed by atoms with van der Waals surface area (Å²) in [7, 11) is 0. The summed E-state index contributed by atoms with van der Waals surface area (Å²) in [4.78, 5) is 26.9. The number of benzene rings is 1. The first-order valence-corrected chi connectivity index (χ1v) is 10.3. The predicted molar refractivity (Wildman–Crippen MR) is 113 cm³/mol. The van der Waals surface area contributed by atoms with Gasteiger partial charge in [0.2, 0.25) is 0 Å². The second kappa shape index (κ2) is 8.91. The summed E-state index contributed by atoms with van der Waals surface area (Å²) in [5.74, 6) is 0. The molecule has 3 atom stereocenters. The zero-order valence-electron chi connectivity index (χ0n) is 15.5. The molecule has 3 rings (SSSR count).